The minimum atomic E-state index is -3.62. The van der Waals surface area contributed by atoms with Gasteiger partial charge in [-0.2, -0.15) is 4.31 Å². The van der Waals surface area contributed by atoms with Gasteiger partial charge in [0.1, 0.15) is 11.3 Å². The van der Waals surface area contributed by atoms with Gasteiger partial charge in [-0.25, -0.2) is 13.4 Å². The fraction of sp³-hybridized carbons (Fsp3) is 0.269. The number of pyridine rings is 1. The highest BCUT2D eigenvalue weighted by Crippen LogP contribution is 2.35. The standard InChI is InChI=1S/C26H28N4O4S2/c1-4-29(5-2)36(32,33)21-14-12-20(13-15-21)25(31)30(18-19-9-8-16-27-17-19)26-28-24-22(34-6-3)10-7-11-23(24)35-26/h7-17H,4-6,18H2,1-3H3. The van der Waals surface area contributed by atoms with Crippen molar-refractivity contribution in [3.05, 3.63) is 78.1 Å². The SMILES string of the molecule is CCOc1cccc2sc(N(Cc3cccnc3)C(=O)c3ccc(S(=O)(=O)N(CC)CC)cc3)nc12. The highest BCUT2D eigenvalue weighted by atomic mass is 32.2. The first-order chi connectivity index (χ1) is 17.4. The smallest absolute Gasteiger partial charge is 0.260 e. The van der Waals surface area contributed by atoms with Gasteiger partial charge in [-0.15, -0.1) is 0 Å². The first-order valence-electron chi connectivity index (χ1n) is 11.7. The zero-order chi connectivity index (χ0) is 25.7. The van der Waals surface area contributed by atoms with Crippen LogP contribution >= 0.6 is 11.3 Å². The molecular formula is C26H28N4O4S2. The van der Waals surface area contributed by atoms with Crippen molar-refractivity contribution in [1.29, 1.82) is 0 Å². The van der Waals surface area contributed by atoms with Crippen LogP contribution in [0.15, 0.2) is 71.9 Å². The van der Waals surface area contributed by atoms with Crippen molar-refractivity contribution in [2.75, 3.05) is 24.6 Å². The number of hydrogen-bond acceptors (Lipinski definition) is 7. The lowest BCUT2D eigenvalue weighted by molar-refractivity contribution is 0.0985. The number of carbonyl (C=O) groups is 1. The molecule has 36 heavy (non-hydrogen) atoms. The molecule has 2 heterocycles. The molecule has 4 aromatic rings. The van der Waals surface area contributed by atoms with Crippen molar-refractivity contribution < 1.29 is 17.9 Å². The van der Waals surface area contributed by atoms with Crippen LogP contribution in [0.3, 0.4) is 0 Å². The van der Waals surface area contributed by atoms with Crippen molar-refractivity contribution in [3.8, 4) is 5.75 Å². The maximum absolute atomic E-state index is 13.7. The summed E-state index contributed by atoms with van der Waals surface area (Å²) in [4.78, 5) is 24.4. The Labute approximate surface area is 215 Å². The number of aromatic nitrogens is 2. The average Bonchev–Trinajstić information content (AvgIpc) is 3.33. The predicted octanol–water partition coefficient (Wildman–Crippen LogP) is 4.97. The summed E-state index contributed by atoms with van der Waals surface area (Å²) in [5.74, 6) is 0.375. The van der Waals surface area contributed by atoms with Crippen LogP contribution in [0.4, 0.5) is 5.13 Å². The Hall–Kier alpha value is -3.34. The summed E-state index contributed by atoms with van der Waals surface area (Å²) >= 11 is 1.40. The molecule has 10 heteroatoms. The lowest BCUT2D eigenvalue weighted by Crippen LogP contribution is -2.31. The normalized spacial score (nSPS) is 11.7. The quantitative estimate of drug-likeness (QED) is 0.291. The molecule has 1 amide bonds. The average molecular weight is 525 g/mol. The molecule has 0 bridgehead atoms. The third-order valence-corrected chi connectivity index (χ3v) is 8.76. The summed E-state index contributed by atoms with van der Waals surface area (Å²) in [7, 11) is -3.62. The summed E-state index contributed by atoms with van der Waals surface area (Å²) in [6.45, 7) is 7.02. The van der Waals surface area contributed by atoms with Crippen LogP contribution in [0.1, 0.15) is 36.7 Å². The van der Waals surface area contributed by atoms with E-state index in [-0.39, 0.29) is 17.3 Å². The number of anilines is 1. The summed E-state index contributed by atoms with van der Waals surface area (Å²) in [5, 5.41) is 0.519. The molecule has 0 N–H and O–H groups in total. The second-order valence-electron chi connectivity index (χ2n) is 7.90. The second-order valence-corrected chi connectivity index (χ2v) is 10.8. The summed E-state index contributed by atoms with van der Waals surface area (Å²) in [5.41, 5.74) is 1.90. The number of fused-ring (bicyclic) bond motifs is 1. The number of nitrogens with zero attached hydrogens (tertiary/aromatic N) is 4. The van der Waals surface area contributed by atoms with E-state index in [0.29, 0.717) is 41.7 Å². The summed E-state index contributed by atoms with van der Waals surface area (Å²) < 4.78 is 33.7. The molecule has 4 rings (SSSR count). The first-order valence-corrected chi connectivity index (χ1v) is 14.0. The van der Waals surface area contributed by atoms with Crippen LogP contribution in [-0.4, -0.2) is 48.3 Å². The molecule has 0 atom stereocenters. The molecule has 188 valence electrons. The predicted molar refractivity (Wildman–Crippen MR) is 142 cm³/mol. The molecule has 8 nitrogen and oxygen atoms in total. The summed E-state index contributed by atoms with van der Waals surface area (Å²) in [6.07, 6.45) is 3.38. The van der Waals surface area contributed by atoms with Crippen LogP contribution in [0, 0.1) is 0 Å². The zero-order valence-electron chi connectivity index (χ0n) is 20.4. The van der Waals surface area contributed by atoms with E-state index in [9.17, 15) is 13.2 Å². The second kappa shape index (κ2) is 11.2. The number of hydrogen-bond donors (Lipinski definition) is 0. The van der Waals surface area contributed by atoms with Gasteiger partial charge in [-0.05, 0) is 55.0 Å². The molecule has 2 aromatic carbocycles. The minimum Gasteiger partial charge on any atom is -0.492 e. The van der Waals surface area contributed by atoms with E-state index in [4.69, 9.17) is 9.72 Å². The van der Waals surface area contributed by atoms with Gasteiger partial charge in [0.05, 0.1) is 22.7 Å². The van der Waals surface area contributed by atoms with Crippen LogP contribution in [0.25, 0.3) is 10.2 Å². The number of ether oxygens (including phenoxy) is 1. The minimum absolute atomic E-state index is 0.155. The van der Waals surface area contributed by atoms with Gasteiger partial charge < -0.3 is 4.74 Å². The van der Waals surface area contributed by atoms with Crippen molar-refractivity contribution in [1.82, 2.24) is 14.3 Å². The summed E-state index contributed by atoms with van der Waals surface area (Å²) in [6, 6.07) is 15.5. The Morgan fingerprint density at radius 1 is 1.00 bits per heavy atom. The zero-order valence-corrected chi connectivity index (χ0v) is 22.1. The Bertz CT molecular complexity index is 1430. The van der Waals surface area contributed by atoms with E-state index in [2.05, 4.69) is 4.98 Å². The Balaban J connectivity index is 1.72. The van der Waals surface area contributed by atoms with Crippen LogP contribution in [-0.2, 0) is 16.6 Å². The van der Waals surface area contributed by atoms with Crippen LogP contribution in [0.2, 0.25) is 0 Å². The van der Waals surface area contributed by atoms with Gasteiger partial charge in [0, 0.05) is 31.0 Å². The molecule has 0 saturated carbocycles. The molecule has 0 radical (unpaired) electrons. The van der Waals surface area contributed by atoms with E-state index in [1.165, 1.54) is 27.8 Å². The molecule has 0 spiro atoms. The number of rotatable bonds is 10. The molecule has 0 fully saturated rings. The Kier molecular flexibility index (Phi) is 7.97. The van der Waals surface area contributed by atoms with Gasteiger partial charge in [0.2, 0.25) is 10.0 Å². The number of benzene rings is 2. The van der Waals surface area contributed by atoms with Gasteiger partial charge in [0.15, 0.2) is 5.13 Å². The van der Waals surface area contributed by atoms with Gasteiger partial charge in [0.25, 0.3) is 5.91 Å². The Morgan fingerprint density at radius 3 is 2.39 bits per heavy atom. The maximum atomic E-state index is 13.7. The number of amides is 1. The van der Waals surface area contributed by atoms with Crippen molar-refractivity contribution in [3.63, 3.8) is 0 Å². The Morgan fingerprint density at radius 2 is 1.75 bits per heavy atom. The van der Waals surface area contributed by atoms with E-state index in [1.807, 2.05) is 37.3 Å². The molecular weight excluding hydrogens is 496 g/mol. The topological polar surface area (TPSA) is 92.7 Å². The third-order valence-electron chi connectivity index (χ3n) is 5.65. The highest BCUT2D eigenvalue weighted by molar-refractivity contribution is 7.89. The molecule has 0 saturated heterocycles. The largest absolute Gasteiger partial charge is 0.492 e. The third kappa shape index (κ3) is 5.25. The molecule has 0 aliphatic heterocycles. The van der Waals surface area contributed by atoms with Gasteiger partial charge in [-0.1, -0.05) is 37.3 Å². The van der Waals surface area contributed by atoms with Crippen LogP contribution < -0.4 is 9.64 Å². The maximum Gasteiger partial charge on any atom is 0.260 e. The van der Waals surface area contributed by atoms with Crippen molar-refractivity contribution in [2.24, 2.45) is 0 Å². The van der Waals surface area contributed by atoms with E-state index >= 15 is 0 Å². The molecule has 2 aromatic heterocycles. The fourth-order valence-corrected chi connectivity index (χ4v) is 6.28. The van der Waals surface area contributed by atoms with Gasteiger partial charge in [-0.3, -0.25) is 14.7 Å². The number of sulfonamides is 1. The molecule has 0 unspecified atom stereocenters. The molecule has 0 aliphatic rings. The fourth-order valence-electron chi connectivity index (χ4n) is 3.84. The molecule has 0 aliphatic carbocycles. The first kappa shape index (κ1) is 25.7. The van der Waals surface area contributed by atoms with Crippen molar-refractivity contribution >= 4 is 42.6 Å². The van der Waals surface area contributed by atoms with E-state index in [1.54, 1.807) is 43.3 Å². The van der Waals surface area contributed by atoms with E-state index in [0.717, 1.165) is 10.3 Å². The van der Waals surface area contributed by atoms with Crippen molar-refractivity contribution in [2.45, 2.75) is 32.2 Å². The number of carbonyl (C=O) groups excluding carboxylic acids is 1. The van der Waals surface area contributed by atoms with Gasteiger partial charge >= 0.3 is 0 Å². The number of thiazole rings is 1. The highest BCUT2D eigenvalue weighted by Gasteiger charge is 2.25. The lowest BCUT2D eigenvalue weighted by Gasteiger charge is -2.21. The lowest BCUT2D eigenvalue weighted by atomic mass is 10.2. The van der Waals surface area contributed by atoms with E-state index < -0.39 is 10.0 Å². The number of para-hydroxylation sites is 1. The van der Waals surface area contributed by atoms with Crippen LogP contribution in [0.5, 0.6) is 5.75 Å². The monoisotopic (exact) mass is 524 g/mol.